The second-order valence-corrected chi connectivity index (χ2v) is 7.14. The Morgan fingerprint density at radius 2 is 1.91 bits per heavy atom. The normalized spacial score (nSPS) is 13.4. The maximum absolute atomic E-state index is 12.5. The zero-order chi connectivity index (χ0) is 23.6. The van der Waals surface area contributed by atoms with E-state index in [2.05, 4.69) is 11.9 Å². The molecule has 1 aliphatic heterocycles. The molecule has 0 spiro atoms. The molecule has 1 aliphatic rings. The highest BCUT2D eigenvalue weighted by atomic mass is 35.5. The van der Waals surface area contributed by atoms with Gasteiger partial charge in [-0.1, -0.05) is 17.7 Å². The number of carbonyl (C=O) groups excluding carboxylic acids is 4. The maximum atomic E-state index is 12.5. The van der Waals surface area contributed by atoms with Crippen molar-refractivity contribution in [2.75, 3.05) is 11.9 Å². The summed E-state index contributed by atoms with van der Waals surface area (Å²) in [7, 11) is 0. The van der Waals surface area contributed by atoms with Crippen molar-refractivity contribution in [2.45, 2.75) is 13.0 Å². The third kappa shape index (κ3) is 4.35. The third-order valence-corrected chi connectivity index (χ3v) is 4.91. The standard InChI is InChI=1S/C21H16ClN3O7/c1-3-8-24-19(27)14-6-4-12(9-15(14)20(24)28)21(29)32-11(2)18(26)23-17-7-5-13(25(30)31)10-16(17)22/h3-7,9-11H,1,8H2,2H3,(H,23,26). The number of esters is 1. The van der Waals surface area contributed by atoms with Crippen LogP contribution in [0, 0.1) is 10.1 Å². The molecular weight excluding hydrogens is 442 g/mol. The molecule has 32 heavy (non-hydrogen) atoms. The number of halogens is 1. The predicted molar refractivity (Wildman–Crippen MR) is 114 cm³/mol. The fourth-order valence-electron chi connectivity index (χ4n) is 2.95. The molecule has 11 heteroatoms. The number of amides is 3. The van der Waals surface area contributed by atoms with Crippen LogP contribution in [0.3, 0.4) is 0 Å². The van der Waals surface area contributed by atoms with Crippen molar-refractivity contribution in [3.05, 3.63) is 80.9 Å². The van der Waals surface area contributed by atoms with Crippen LogP contribution in [0.15, 0.2) is 49.1 Å². The largest absolute Gasteiger partial charge is 0.449 e. The summed E-state index contributed by atoms with van der Waals surface area (Å²) in [6.07, 6.45) is 0.158. The van der Waals surface area contributed by atoms with Crippen LogP contribution >= 0.6 is 11.6 Å². The Bertz CT molecular complexity index is 1180. The Morgan fingerprint density at radius 1 is 1.22 bits per heavy atom. The van der Waals surface area contributed by atoms with E-state index in [1.165, 1.54) is 37.3 Å². The van der Waals surface area contributed by atoms with Crippen molar-refractivity contribution < 1.29 is 28.8 Å². The lowest BCUT2D eigenvalue weighted by atomic mass is 10.1. The quantitative estimate of drug-likeness (QED) is 0.221. The van der Waals surface area contributed by atoms with Gasteiger partial charge in [0.1, 0.15) is 0 Å². The summed E-state index contributed by atoms with van der Waals surface area (Å²) in [6.45, 7) is 4.86. The van der Waals surface area contributed by atoms with Crippen LogP contribution in [-0.4, -0.2) is 46.2 Å². The lowest BCUT2D eigenvalue weighted by molar-refractivity contribution is -0.384. The number of benzene rings is 2. The fraction of sp³-hybridized carbons (Fsp3) is 0.143. The van der Waals surface area contributed by atoms with E-state index in [9.17, 15) is 29.3 Å². The van der Waals surface area contributed by atoms with E-state index in [1.807, 2.05) is 0 Å². The zero-order valence-corrected chi connectivity index (χ0v) is 17.4. The van der Waals surface area contributed by atoms with Crippen molar-refractivity contribution >= 4 is 46.7 Å². The van der Waals surface area contributed by atoms with Gasteiger partial charge in [0.05, 0.1) is 32.3 Å². The molecule has 1 atom stereocenters. The summed E-state index contributed by atoms with van der Waals surface area (Å²) >= 11 is 5.94. The fourth-order valence-corrected chi connectivity index (χ4v) is 3.17. The molecule has 164 valence electrons. The van der Waals surface area contributed by atoms with Gasteiger partial charge in [-0.15, -0.1) is 6.58 Å². The zero-order valence-electron chi connectivity index (χ0n) is 16.7. The first-order valence-electron chi connectivity index (χ1n) is 9.21. The van der Waals surface area contributed by atoms with E-state index in [4.69, 9.17) is 16.3 Å². The summed E-state index contributed by atoms with van der Waals surface area (Å²) in [5.41, 5.74) is 0.0596. The van der Waals surface area contributed by atoms with Crippen molar-refractivity contribution in [2.24, 2.45) is 0 Å². The molecule has 2 aromatic carbocycles. The van der Waals surface area contributed by atoms with E-state index in [-0.39, 0.29) is 39.6 Å². The second kappa shape index (κ2) is 8.98. The van der Waals surface area contributed by atoms with E-state index in [1.54, 1.807) is 0 Å². The smallest absolute Gasteiger partial charge is 0.338 e. The number of rotatable bonds is 7. The maximum Gasteiger partial charge on any atom is 0.338 e. The van der Waals surface area contributed by atoms with E-state index in [0.717, 1.165) is 17.0 Å². The number of nitrogens with zero attached hydrogens (tertiary/aromatic N) is 2. The second-order valence-electron chi connectivity index (χ2n) is 6.73. The highest BCUT2D eigenvalue weighted by Gasteiger charge is 2.35. The molecule has 0 aromatic heterocycles. The van der Waals surface area contributed by atoms with Crippen LogP contribution in [0.1, 0.15) is 38.0 Å². The number of hydrogen-bond acceptors (Lipinski definition) is 7. The summed E-state index contributed by atoms with van der Waals surface area (Å²) in [4.78, 5) is 60.6. The van der Waals surface area contributed by atoms with Crippen LogP contribution in [0.4, 0.5) is 11.4 Å². The van der Waals surface area contributed by atoms with Gasteiger partial charge in [0.2, 0.25) is 0 Å². The van der Waals surface area contributed by atoms with Crippen molar-refractivity contribution in [3.8, 4) is 0 Å². The molecule has 0 bridgehead atoms. The summed E-state index contributed by atoms with van der Waals surface area (Å²) in [5, 5.41) is 13.1. The molecule has 0 saturated heterocycles. The molecule has 1 N–H and O–H groups in total. The highest BCUT2D eigenvalue weighted by molar-refractivity contribution is 6.34. The van der Waals surface area contributed by atoms with Gasteiger partial charge in [0.15, 0.2) is 6.10 Å². The van der Waals surface area contributed by atoms with Gasteiger partial charge in [-0.25, -0.2) is 4.79 Å². The molecule has 1 unspecified atom stereocenters. The van der Waals surface area contributed by atoms with Gasteiger partial charge < -0.3 is 10.1 Å². The molecule has 0 aliphatic carbocycles. The number of nitro benzene ring substituents is 1. The van der Waals surface area contributed by atoms with Gasteiger partial charge in [-0.2, -0.15) is 0 Å². The molecule has 0 saturated carbocycles. The van der Waals surface area contributed by atoms with E-state index >= 15 is 0 Å². The summed E-state index contributed by atoms with van der Waals surface area (Å²) in [6, 6.07) is 7.39. The Balaban J connectivity index is 1.69. The van der Waals surface area contributed by atoms with Gasteiger partial charge in [0.25, 0.3) is 23.4 Å². The Kier molecular flexibility index (Phi) is 6.35. The van der Waals surface area contributed by atoms with Gasteiger partial charge in [0, 0.05) is 18.7 Å². The molecule has 0 fully saturated rings. The number of imide groups is 1. The van der Waals surface area contributed by atoms with Gasteiger partial charge >= 0.3 is 5.97 Å². The average Bonchev–Trinajstić information content (AvgIpc) is 2.99. The molecule has 3 rings (SSSR count). The lowest BCUT2D eigenvalue weighted by Gasteiger charge is -2.14. The number of ether oxygens (including phenoxy) is 1. The third-order valence-electron chi connectivity index (χ3n) is 4.59. The van der Waals surface area contributed by atoms with Crippen LogP contribution in [0.2, 0.25) is 5.02 Å². The molecule has 10 nitrogen and oxygen atoms in total. The first kappa shape index (κ1) is 22.6. The minimum absolute atomic E-state index is 0.0154. The SMILES string of the molecule is C=CCN1C(=O)c2ccc(C(=O)OC(C)C(=O)Nc3ccc([N+](=O)[O-])cc3Cl)cc2C1=O. The van der Waals surface area contributed by atoms with Crippen molar-refractivity contribution in [1.29, 1.82) is 0 Å². The minimum Gasteiger partial charge on any atom is -0.449 e. The van der Waals surface area contributed by atoms with Crippen molar-refractivity contribution in [1.82, 2.24) is 4.90 Å². The van der Waals surface area contributed by atoms with Crippen LogP contribution in [0.5, 0.6) is 0 Å². The Labute approximate surface area is 186 Å². The molecule has 2 aromatic rings. The number of fused-ring (bicyclic) bond motifs is 1. The molecular formula is C21H16ClN3O7. The predicted octanol–water partition coefficient (Wildman–Crippen LogP) is 3.21. The number of nitrogens with one attached hydrogen (secondary N) is 1. The summed E-state index contributed by atoms with van der Waals surface area (Å²) in [5.74, 6) is -2.65. The van der Waals surface area contributed by atoms with Crippen LogP contribution in [-0.2, 0) is 9.53 Å². The molecule has 1 heterocycles. The Morgan fingerprint density at radius 3 is 2.53 bits per heavy atom. The first-order valence-corrected chi connectivity index (χ1v) is 9.58. The highest BCUT2D eigenvalue weighted by Crippen LogP contribution is 2.27. The number of anilines is 1. The first-order chi connectivity index (χ1) is 15.1. The average molecular weight is 458 g/mol. The Hall–Kier alpha value is -4.05. The molecule has 3 amide bonds. The molecule has 0 radical (unpaired) electrons. The topological polar surface area (TPSA) is 136 Å². The number of carbonyl (C=O) groups is 4. The van der Waals surface area contributed by atoms with E-state index in [0.29, 0.717) is 0 Å². The van der Waals surface area contributed by atoms with Crippen molar-refractivity contribution in [3.63, 3.8) is 0 Å². The number of hydrogen-bond donors (Lipinski definition) is 1. The number of nitro groups is 1. The van der Waals surface area contributed by atoms with E-state index < -0.39 is 34.7 Å². The van der Waals surface area contributed by atoms with Crippen LogP contribution in [0.25, 0.3) is 0 Å². The monoisotopic (exact) mass is 457 g/mol. The minimum atomic E-state index is -1.25. The lowest BCUT2D eigenvalue weighted by Crippen LogP contribution is -2.30. The van der Waals surface area contributed by atoms with Gasteiger partial charge in [-0.3, -0.25) is 29.4 Å². The summed E-state index contributed by atoms with van der Waals surface area (Å²) < 4.78 is 5.14. The number of non-ortho nitro benzene ring substituents is 1. The van der Waals surface area contributed by atoms with Crippen LogP contribution < -0.4 is 5.32 Å². The van der Waals surface area contributed by atoms with Gasteiger partial charge in [-0.05, 0) is 31.2 Å².